The Kier molecular flexibility index (Phi) is 4.35. The van der Waals surface area contributed by atoms with Crippen LogP contribution in [0.1, 0.15) is 38.2 Å². The third kappa shape index (κ3) is 3.21. The molecular weight excluding hydrogens is 262 g/mol. The van der Waals surface area contributed by atoms with Crippen LogP contribution in [0.4, 0.5) is 5.69 Å². The number of benzene rings is 1. The topological polar surface area (TPSA) is 40.5 Å². The van der Waals surface area contributed by atoms with Gasteiger partial charge in [-0.3, -0.25) is 4.79 Å². The Labute approximate surface area is 119 Å². The summed E-state index contributed by atoms with van der Waals surface area (Å²) in [5, 5.41) is 9.68. The first-order valence-corrected chi connectivity index (χ1v) is 7.14. The highest BCUT2D eigenvalue weighted by atomic mass is 35.5. The number of hydrogen-bond donors (Lipinski definition) is 1. The van der Waals surface area contributed by atoms with Gasteiger partial charge in [0.25, 0.3) is 0 Å². The van der Waals surface area contributed by atoms with Gasteiger partial charge in [0.1, 0.15) is 0 Å². The van der Waals surface area contributed by atoms with E-state index in [0.29, 0.717) is 10.9 Å². The number of aliphatic carboxylic acids is 1. The van der Waals surface area contributed by atoms with Gasteiger partial charge in [-0.1, -0.05) is 24.6 Å². The van der Waals surface area contributed by atoms with Gasteiger partial charge in [-0.2, -0.15) is 0 Å². The smallest absolute Gasteiger partial charge is 0.310 e. The van der Waals surface area contributed by atoms with Gasteiger partial charge in [0.05, 0.1) is 16.6 Å². The van der Waals surface area contributed by atoms with Crippen molar-refractivity contribution in [1.82, 2.24) is 0 Å². The van der Waals surface area contributed by atoms with E-state index in [0.717, 1.165) is 24.3 Å². The molecule has 2 atom stereocenters. The molecule has 2 rings (SSSR count). The van der Waals surface area contributed by atoms with Gasteiger partial charge >= 0.3 is 5.97 Å². The zero-order chi connectivity index (χ0) is 14.0. The zero-order valence-corrected chi connectivity index (χ0v) is 12.2. The van der Waals surface area contributed by atoms with Crippen LogP contribution in [0.3, 0.4) is 0 Å². The van der Waals surface area contributed by atoms with Crippen LogP contribution in [-0.4, -0.2) is 24.2 Å². The zero-order valence-electron chi connectivity index (χ0n) is 11.4. The van der Waals surface area contributed by atoms with Gasteiger partial charge in [0.15, 0.2) is 0 Å². The molecule has 104 valence electrons. The molecule has 1 N–H and O–H groups in total. The van der Waals surface area contributed by atoms with E-state index in [-0.39, 0.29) is 0 Å². The lowest BCUT2D eigenvalue weighted by atomic mass is 9.98. The first-order valence-electron chi connectivity index (χ1n) is 6.76. The van der Waals surface area contributed by atoms with Gasteiger partial charge in [-0.25, -0.2) is 0 Å². The fourth-order valence-corrected chi connectivity index (χ4v) is 2.91. The van der Waals surface area contributed by atoms with Gasteiger partial charge in [0, 0.05) is 13.1 Å². The summed E-state index contributed by atoms with van der Waals surface area (Å²) in [5.74, 6) is -0.662. The molecule has 3 nitrogen and oxygen atoms in total. The number of halogens is 1. The van der Waals surface area contributed by atoms with Crippen LogP contribution >= 0.6 is 11.6 Å². The summed E-state index contributed by atoms with van der Waals surface area (Å²) in [7, 11) is 0. The minimum absolute atomic E-state index is 0.521. The summed E-state index contributed by atoms with van der Waals surface area (Å²) in [5.41, 5.74) is 1.78. The Hall–Kier alpha value is -1.22. The molecule has 0 saturated carbocycles. The number of piperidine rings is 1. The number of carboxylic acids is 1. The van der Waals surface area contributed by atoms with Crippen LogP contribution in [0, 0.1) is 5.92 Å². The van der Waals surface area contributed by atoms with E-state index in [1.54, 1.807) is 13.0 Å². The molecule has 0 amide bonds. The molecule has 1 saturated heterocycles. The van der Waals surface area contributed by atoms with Crippen molar-refractivity contribution in [2.45, 2.75) is 32.6 Å². The highest BCUT2D eigenvalue weighted by Crippen LogP contribution is 2.32. The Bertz CT molecular complexity index is 475. The lowest BCUT2D eigenvalue weighted by molar-refractivity contribution is -0.138. The lowest BCUT2D eigenvalue weighted by Gasteiger charge is -2.33. The van der Waals surface area contributed by atoms with Crippen molar-refractivity contribution in [2.75, 3.05) is 18.0 Å². The van der Waals surface area contributed by atoms with E-state index in [1.807, 2.05) is 12.1 Å². The lowest BCUT2D eigenvalue weighted by Crippen LogP contribution is -2.34. The van der Waals surface area contributed by atoms with E-state index in [1.165, 1.54) is 12.8 Å². The van der Waals surface area contributed by atoms with Crippen molar-refractivity contribution in [3.8, 4) is 0 Å². The summed E-state index contributed by atoms with van der Waals surface area (Å²) in [6.07, 6.45) is 2.45. The van der Waals surface area contributed by atoms with Crippen molar-refractivity contribution in [2.24, 2.45) is 5.92 Å². The molecule has 0 radical (unpaired) electrons. The van der Waals surface area contributed by atoms with Crippen molar-refractivity contribution in [3.05, 3.63) is 28.8 Å². The van der Waals surface area contributed by atoms with E-state index in [2.05, 4.69) is 11.8 Å². The average Bonchev–Trinajstić information content (AvgIpc) is 2.37. The highest BCUT2D eigenvalue weighted by Gasteiger charge is 2.20. The SMILES string of the molecule is CC1CCCN(c2ccc(C(C)C(=O)O)cc2Cl)C1. The third-order valence-electron chi connectivity index (χ3n) is 3.84. The second-order valence-corrected chi connectivity index (χ2v) is 5.87. The molecule has 1 aliphatic heterocycles. The average molecular weight is 282 g/mol. The molecule has 0 bridgehead atoms. The number of carbonyl (C=O) groups is 1. The van der Waals surface area contributed by atoms with Gasteiger partial charge in [0.2, 0.25) is 0 Å². The predicted molar refractivity (Wildman–Crippen MR) is 78.1 cm³/mol. The van der Waals surface area contributed by atoms with E-state index in [4.69, 9.17) is 16.7 Å². The van der Waals surface area contributed by atoms with Crippen molar-refractivity contribution in [3.63, 3.8) is 0 Å². The molecule has 1 aliphatic rings. The molecule has 0 aliphatic carbocycles. The molecule has 4 heteroatoms. The summed E-state index contributed by atoms with van der Waals surface area (Å²) in [6.45, 7) is 5.98. The van der Waals surface area contributed by atoms with Gasteiger partial charge in [-0.05, 0) is 43.4 Å². The largest absolute Gasteiger partial charge is 0.481 e. The van der Waals surface area contributed by atoms with Crippen LogP contribution in [0.25, 0.3) is 0 Å². The number of anilines is 1. The number of nitrogens with zero attached hydrogens (tertiary/aromatic N) is 1. The maximum absolute atomic E-state index is 11.0. The third-order valence-corrected chi connectivity index (χ3v) is 4.14. The Balaban J connectivity index is 2.21. The Morgan fingerprint density at radius 2 is 2.26 bits per heavy atom. The van der Waals surface area contributed by atoms with E-state index >= 15 is 0 Å². The molecule has 2 unspecified atom stereocenters. The molecule has 0 aromatic heterocycles. The Morgan fingerprint density at radius 3 is 2.84 bits per heavy atom. The molecule has 1 aromatic carbocycles. The maximum atomic E-state index is 11.0. The van der Waals surface area contributed by atoms with Crippen LogP contribution < -0.4 is 4.90 Å². The molecular formula is C15H20ClNO2. The van der Waals surface area contributed by atoms with Crippen LogP contribution in [0.15, 0.2) is 18.2 Å². The molecule has 19 heavy (non-hydrogen) atoms. The first kappa shape index (κ1) is 14.2. The molecule has 1 aromatic rings. The minimum Gasteiger partial charge on any atom is -0.481 e. The molecule has 1 heterocycles. The monoisotopic (exact) mass is 281 g/mol. The van der Waals surface area contributed by atoms with Crippen LogP contribution in [0.2, 0.25) is 5.02 Å². The van der Waals surface area contributed by atoms with Gasteiger partial charge in [-0.15, -0.1) is 0 Å². The van der Waals surface area contributed by atoms with Crippen molar-refractivity contribution >= 4 is 23.3 Å². The summed E-state index contributed by atoms with van der Waals surface area (Å²) in [6, 6.07) is 5.61. The summed E-state index contributed by atoms with van der Waals surface area (Å²) < 4.78 is 0. The number of rotatable bonds is 3. The van der Waals surface area contributed by atoms with Crippen molar-refractivity contribution < 1.29 is 9.90 Å². The predicted octanol–water partition coefficient (Wildman–Crippen LogP) is 3.76. The quantitative estimate of drug-likeness (QED) is 0.917. The van der Waals surface area contributed by atoms with Crippen LogP contribution in [-0.2, 0) is 4.79 Å². The fourth-order valence-electron chi connectivity index (χ4n) is 2.60. The highest BCUT2D eigenvalue weighted by molar-refractivity contribution is 6.33. The van der Waals surface area contributed by atoms with Crippen molar-refractivity contribution in [1.29, 1.82) is 0 Å². The second-order valence-electron chi connectivity index (χ2n) is 5.46. The normalized spacial score (nSPS) is 21.2. The summed E-state index contributed by atoms with van der Waals surface area (Å²) >= 11 is 6.32. The fraction of sp³-hybridized carbons (Fsp3) is 0.533. The standard InChI is InChI=1S/C15H20ClNO2/c1-10-4-3-7-17(9-10)14-6-5-12(8-13(14)16)11(2)15(18)19/h5-6,8,10-11H,3-4,7,9H2,1-2H3,(H,18,19). The molecule has 0 spiro atoms. The number of carboxylic acid groups (broad SMARTS) is 1. The van der Waals surface area contributed by atoms with E-state index in [9.17, 15) is 4.79 Å². The van der Waals surface area contributed by atoms with Gasteiger partial charge < -0.3 is 10.0 Å². The van der Waals surface area contributed by atoms with E-state index < -0.39 is 11.9 Å². The van der Waals surface area contributed by atoms with Crippen LogP contribution in [0.5, 0.6) is 0 Å². The maximum Gasteiger partial charge on any atom is 0.310 e. The molecule has 1 fully saturated rings. The number of hydrogen-bond acceptors (Lipinski definition) is 2. The second kappa shape index (κ2) is 5.83. The minimum atomic E-state index is -0.824. The first-order chi connectivity index (χ1) is 8.99. The Morgan fingerprint density at radius 1 is 1.53 bits per heavy atom. The summed E-state index contributed by atoms with van der Waals surface area (Å²) in [4.78, 5) is 13.3.